The average molecular weight is 381 g/mol. The van der Waals surface area contributed by atoms with E-state index in [2.05, 4.69) is 0 Å². The van der Waals surface area contributed by atoms with Crippen LogP contribution in [0, 0.1) is 5.92 Å². The number of rotatable bonds is 5. The monoisotopic (exact) mass is 380 g/mol. The molecule has 144 valence electrons. The van der Waals surface area contributed by atoms with E-state index in [9.17, 15) is 13.2 Å². The number of methoxy groups -OCH3 is 1. The zero-order chi connectivity index (χ0) is 18.6. The van der Waals surface area contributed by atoms with Crippen molar-refractivity contribution in [3.05, 3.63) is 29.8 Å². The van der Waals surface area contributed by atoms with Crippen LogP contribution < -0.4 is 0 Å². The number of nitrogens with zero attached hydrogens (tertiary/aromatic N) is 2. The molecule has 2 aliphatic heterocycles. The largest absolute Gasteiger partial charge is 0.384 e. The summed E-state index contributed by atoms with van der Waals surface area (Å²) in [4.78, 5) is 14.8. The maximum atomic E-state index is 12.7. The molecule has 2 aliphatic rings. The van der Waals surface area contributed by atoms with E-state index in [1.165, 1.54) is 0 Å². The van der Waals surface area contributed by atoms with E-state index in [0.29, 0.717) is 24.6 Å². The smallest absolute Gasteiger partial charge is 0.253 e. The van der Waals surface area contributed by atoms with Gasteiger partial charge in [0.05, 0.1) is 4.90 Å². The second-order valence-electron chi connectivity index (χ2n) is 7.18. The topological polar surface area (TPSA) is 66.9 Å². The van der Waals surface area contributed by atoms with E-state index < -0.39 is 10.0 Å². The Morgan fingerprint density at radius 2 is 1.65 bits per heavy atom. The third kappa shape index (κ3) is 4.27. The third-order valence-corrected chi connectivity index (χ3v) is 7.27. The Bertz CT molecular complexity index is 704. The summed E-state index contributed by atoms with van der Waals surface area (Å²) in [6.45, 7) is 3.35. The predicted molar refractivity (Wildman–Crippen MR) is 99.6 cm³/mol. The van der Waals surface area contributed by atoms with Crippen LogP contribution in [0.3, 0.4) is 0 Å². The van der Waals surface area contributed by atoms with E-state index in [1.807, 2.05) is 4.90 Å². The molecule has 0 radical (unpaired) electrons. The van der Waals surface area contributed by atoms with Gasteiger partial charge < -0.3 is 9.64 Å². The van der Waals surface area contributed by atoms with Crippen molar-refractivity contribution in [1.29, 1.82) is 0 Å². The third-order valence-electron chi connectivity index (χ3n) is 5.36. The van der Waals surface area contributed by atoms with Crippen LogP contribution in [0.4, 0.5) is 0 Å². The SMILES string of the molecule is COCC1CCN(C(=O)c2ccc(S(=O)(=O)N3CCCCC3)cc2)CC1. The maximum Gasteiger partial charge on any atom is 0.253 e. The molecule has 1 aromatic carbocycles. The summed E-state index contributed by atoms with van der Waals surface area (Å²) in [5.74, 6) is 0.490. The lowest BCUT2D eigenvalue weighted by molar-refractivity contribution is 0.0613. The second kappa shape index (κ2) is 8.50. The zero-order valence-corrected chi connectivity index (χ0v) is 16.2. The van der Waals surface area contributed by atoms with Crippen molar-refractivity contribution in [2.24, 2.45) is 5.92 Å². The molecule has 3 rings (SSSR count). The Hall–Kier alpha value is -1.44. The minimum atomic E-state index is -3.45. The minimum absolute atomic E-state index is 0.0252. The van der Waals surface area contributed by atoms with Gasteiger partial charge in [0.1, 0.15) is 0 Å². The number of benzene rings is 1. The van der Waals surface area contributed by atoms with Crippen molar-refractivity contribution in [2.75, 3.05) is 39.9 Å². The molecular weight excluding hydrogens is 352 g/mol. The molecule has 0 aliphatic carbocycles. The number of ether oxygens (including phenoxy) is 1. The first kappa shape index (κ1) is 19.3. The Labute approximate surface area is 156 Å². The standard InChI is InChI=1S/C19H28N2O4S/c1-25-15-16-9-13-20(14-10-16)19(22)17-5-7-18(8-6-17)26(23,24)21-11-3-2-4-12-21/h5-8,16H,2-4,9-15H2,1H3. The fourth-order valence-electron chi connectivity index (χ4n) is 3.74. The number of piperidine rings is 2. The fraction of sp³-hybridized carbons (Fsp3) is 0.632. The maximum absolute atomic E-state index is 12.7. The molecular formula is C19H28N2O4S. The molecule has 1 aromatic rings. The molecule has 0 aromatic heterocycles. The molecule has 0 saturated carbocycles. The zero-order valence-electron chi connectivity index (χ0n) is 15.4. The van der Waals surface area contributed by atoms with E-state index in [4.69, 9.17) is 4.74 Å². The van der Waals surface area contributed by atoms with Gasteiger partial charge in [-0.1, -0.05) is 6.42 Å². The van der Waals surface area contributed by atoms with Gasteiger partial charge in [-0.15, -0.1) is 0 Å². The Morgan fingerprint density at radius 3 is 2.23 bits per heavy atom. The highest BCUT2D eigenvalue weighted by Gasteiger charge is 2.27. The highest BCUT2D eigenvalue weighted by molar-refractivity contribution is 7.89. The van der Waals surface area contributed by atoms with Crippen LogP contribution in [0.2, 0.25) is 0 Å². The number of hydrogen-bond donors (Lipinski definition) is 0. The van der Waals surface area contributed by atoms with Crippen LogP contribution in [0.5, 0.6) is 0 Å². The summed E-state index contributed by atoms with van der Waals surface area (Å²) in [5.41, 5.74) is 0.549. The molecule has 0 spiro atoms. The van der Waals surface area contributed by atoms with Gasteiger partial charge in [-0.3, -0.25) is 4.79 Å². The molecule has 1 amide bonds. The highest BCUT2D eigenvalue weighted by atomic mass is 32.2. The molecule has 0 atom stereocenters. The molecule has 0 N–H and O–H groups in total. The summed E-state index contributed by atoms with van der Waals surface area (Å²) in [7, 11) is -1.74. The van der Waals surface area contributed by atoms with Gasteiger partial charge in [0.25, 0.3) is 5.91 Å². The number of likely N-dealkylation sites (tertiary alicyclic amines) is 1. The molecule has 0 bridgehead atoms. The normalized spacial score (nSPS) is 20.3. The quantitative estimate of drug-likeness (QED) is 0.786. The first-order valence-corrected chi connectivity index (χ1v) is 10.8. The van der Waals surface area contributed by atoms with Gasteiger partial charge in [-0.2, -0.15) is 4.31 Å². The summed E-state index contributed by atoms with van der Waals surface area (Å²) < 4.78 is 32.1. The molecule has 7 heteroatoms. The van der Waals surface area contributed by atoms with Crippen molar-refractivity contribution < 1.29 is 17.9 Å². The molecule has 6 nitrogen and oxygen atoms in total. The van der Waals surface area contributed by atoms with Gasteiger partial charge in [0, 0.05) is 45.5 Å². The fourth-order valence-corrected chi connectivity index (χ4v) is 5.26. The second-order valence-corrected chi connectivity index (χ2v) is 9.12. The predicted octanol–water partition coefficient (Wildman–Crippen LogP) is 2.36. The minimum Gasteiger partial charge on any atom is -0.384 e. The van der Waals surface area contributed by atoms with Crippen molar-refractivity contribution in [1.82, 2.24) is 9.21 Å². The first-order valence-electron chi connectivity index (χ1n) is 9.41. The first-order chi connectivity index (χ1) is 12.5. The molecule has 0 unspecified atom stereocenters. The van der Waals surface area contributed by atoms with Crippen LogP contribution in [0.25, 0.3) is 0 Å². The number of carbonyl (C=O) groups excluding carboxylic acids is 1. The van der Waals surface area contributed by atoms with Gasteiger partial charge in [-0.05, 0) is 55.9 Å². The average Bonchev–Trinajstić information content (AvgIpc) is 2.69. The van der Waals surface area contributed by atoms with Gasteiger partial charge in [-0.25, -0.2) is 8.42 Å². The number of carbonyl (C=O) groups is 1. The van der Waals surface area contributed by atoms with Gasteiger partial charge in [0.2, 0.25) is 10.0 Å². The van der Waals surface area contributed by atoms with E-state index in [1.54, 1.807) is 35.7 Å². The molecule has 2 heterocycles. The lowest BCUT2D eigenvalue weighted by Crippen LogP contribution is -2.39. The van der Waals surface area contributed by atoms with Crippen molar-refractivity contribution in [3.63, 3.8) is 0 Å². The Morgan fingerprint density at radius 1 is 1.04 bits per heavy atom. The highest BCUT2D eigenvalue weighted by Crippen LogP contribution is 2.23. The Balaban J connectivity index is 1.65. The summed E-state index contributed by atoms with van der Waals surface area (Å²) in [6.07, 6.45) is 4.80. The van der Waals surface area contributed by atoms with Crippen LogP contribution in [-0.2, 0) is 14.8 Å². The van der Waals surface area contributed by atoms with E-state index >= 15 is 0 Å². The number of sulfonamides is 1. The van der Waals surface area contributed by atoms with Crippen LogP contribution in [0.15, 0.2) is 29.2 Å². The van der Waals surface area contributed by atoms with Crippen LogP contribution in [-0.4, -0.2) is 63.4 Å². The summed E-state index contributed by atoms with van der Waals surface area (Å²) >= 11 is 0. The van der Waals surface area contributed by atoms with Gasteiger partial charge in [0.15, 0.2) is 0 Å². The molecule has 2 fully saturated rings. The van der Waals surface area contributed by atoms with Crippen molar-refractivity contribution in [3.8, 4) is 0 Å². The molecule has 2 saturated heterocycles. The van der Waals surface area contributed by atoms with Crippen LogP contribution in [0.1, 0.15) is 42.5 Å². The Kier molecular flexibility index (Phi) is 6.32. The molecule has 26 heavy (non-hydrogen) atoms. The number of amides is 1. The van der Waals surface area contributed by atoms with Crippen molar-refractivity contribution >= 4 is 15.9 Å². The van der Waals surface area contributed by atoms with Crippen LogP contribution >= 0.6 is 0 Å². The summed E-state index contributed by atoms with van der Waals surface area (Å²) in [6, 6.07) is 6.41. The lowest BCUT2D eigenvalue weighted by Gasteiger charge is -2.31. The van der Waals surface area contributed by atoms with E-state index in [0.717, 1.165) is 51.8 Å². The van der Waals surface area contributed by atoms with E-state index in [-0.39, 0.29) is 10.8 Å². The number of hydrogen-bond acceptors (Lipinski definition) is 4. The lowest BCUT2D eigenvalue weighted by atomic mass is 9.97. The van der Waals surface area contributed by atoms with Gasteiger partial charge >= 0.3 is 0 Å². The van der Waals surface area contributed by atoms with Crippen molar-refractivity contribution in [2.45, 2.75) is 37.0 Å². The summed E-state index contributed by atoms with van der Waals surface area (Å²) in [5, 5.41) is 0.